The summed E-state index contributed by atoms with van der Waals surface area (Å²) in [7, 11) is 0. The highest BCUT2D eigenvalue weighted by Gasteiger charge is 2.19. The molecule has 1 saturated heterocycles. The van der Waals surface area contributed by atoms with Crippen molar-refractivity contribution in [1.29, 1.82) is 0 Å². The lowest BCUT2D eigenvalue weighted by Crippen LogP contribution is -2.31. The number of hydrogen-bond acceptors (Lipinski definition) is 6. The minimum Gasteiger partial charge on any atom is -0.383 e. The number of fused-ring (bicyclic) bond motifs is 1. The largest absolute Gasteiger partial charge is 0.383 e. The van der Waals surface area contributed by atoms with Crippen molar-refractivity contribution in [2.24, 2.45) is 0 Å². The molecule has 0 saturated carbocycles. The minimum absolute atomic E-state index is 0.292. The number of nitrogens with zero attached hydrogens (tertiary/aromatic N) is 4. The highest BCUT2D eigenvalue weighted by molar-refractivity contribution is 5.90. The molecule has 3 heterocycles. The van der Waals surface area contributed by atoms with Crippen LogP contribution in [0.25, 0.3) is 11.0 Å². The van der Waals surface area contributed by atoms with Crippen LogP contribution in [0.1, 0.15) is 23.2 Å². The molecule has 0 spiro atoms. The predicted octanol–water partition coefficient (Wildman–Crippen LogP) is 1.81. The molecule has 0 bridgehead atoms. The monoisotopic (exact) mass is 363 g/mol. The van der Waals surface area contributed by atoms with Gasteiger partial charge in [-0.15, -0.1) is 0 Å². The standard InChI is InChI=1S/C18H17N7O2/c1-11-3-5-13(22-18(26)25-7-2-8-27-25)9-12(11)4-6-14-15-16(19)20-10-21-17(15)24-23-14/h3,5,9-10H,2,7-8H2,1H3,(H,22,26)(H3,19,20,21,23,24). The third-order valence-corrected chi connectivity index (χ3v) is 4.17. The normalized spacial score (nSPS) is 13.4. The summed E-state index contributed by atoms with van der Waals surface area (Å²) in [6.07, 6.45) is 2.19. The zero-order valence-electron chi connectivity index (χ0n) is 14.6. The van der Waals surface area contributed by atoms with Crippen LogP contribution in [0.5, 0.6) is 0 Å². The van der Waals surface area contributed by atoms with Gasteiger partial charge in [0.1, 0.15) is 17.8 Å². The second kappa shape index (κ2) is 6.93. The summed E-state index contributed by atoms with van der Waals surface area (Å²) in [5.41, 5.74) is 9.30. The molecule has 27 heavy (non-hydrogen) atoms. The number of carbonyl (C=O) groups is 1. The number of amides is 2. The highest BCUT2D eigenvalue weighted by Crippen LogP contribution is 2.19. The number of urea groups is 1. The lowest BCUT2D eigenvalue weighted by molar-refractivity contribution is -0.0614. The average Bonchev–Trinajstić information content (AvgIpc) is 3.32. The first-order chi connectivity index (χ1) is 13.1. The van der Waals surface area contributed by atoms with Gasteiger partial charge in [0.05, 0.1) is 18.5 Å². The molecule has 0 aliphatic carbocycles. The number of nitrogens with two attached hydrogens (primary N) is 1. The maximum atomic E-state index is 12.2. The van der Waals surface area contributed by atoms with Crippen LogP contribution < -0.4 is 11.1 Å². The number of H-pyrrole nitrogens is 1. The number of aromatic amines is 1. The Hall–Kier alpha value is -3.64. The second-order valence-corrected chi connectivity index (χ2v) is 6.05. The minimum atomic E-state index is -0.292. The van der Waals surface area contributed by atoms with E-state index in [-0.39, 0.29) is 6.03 Å². The first-order valence-corrected chi connectivity index (χ1v) is 8.40. The lowest BCUT2D eigenvalue weighted by atomic mass is 10.1. The fourth-order valence-electron chi connectivity index (χ4n) is 2.73. The number of aryl methyl sites for hydroxylation is 1. The number of rotatable bonds is 1. The van der Waals surface area contributed by atoms with Gasteiger partial charge in [-0.1, -0.05) is 12.0 Å². The zero-order valence-corrected chi connectivity index (χ0v) is 14.6. The molecule has 1 aliphatic heterocycles. The van der Waals surface area contributed by atoms with E-state index in [2.05, 4.69) is 37.3 Å². The van der Waals surface area contributed by atoms with Crippen molar-refractivity contribution < 1.29 is 9.63 Å². The lowest BCUT2D eigenvalue weighted by Gasteiger charge is -2.15. The molecule has 0 unspecified atom stereocenters. The Labute approximate surface area is 154 Å². The van der Waals surface area contributed by atoms with Crippen LogP contribution in [0.4, 0.5) is 16.3 Å². The molecule has 9 heteroatoms. The molecule has 4 rings (SSSR count). The fourth-order valence-corrected chi connectivity index (χ4v) is 2.73. The Balaban J connectivity index is 1.61. The molecule has 136 valence electrons. The van der Waals surface area contributed by atoms with Crippen molar-refractivity contribution >= 4 is 28.6 Å². The van der Waals surface area contributed by atoms with Crippen LogP contribution in [0, 0.1) is 18.8 Å². The summed E-state index contributed by atoms with van der Waals surface area (Å²) >= 11 is 0. The maximum absolute atomic E-state index is 12.2. The van der Waals surface area contributed by atoms with Gasteiger partial charge in [-0.2, -0.15) is 5.10 Å². The molecular weight excluding hydrogens is 346 g/mol. The van der Waals surface area contributed by atoms with Crippen LogP contribution >= 0.6 is 0 Å². The van der Waals surface area contributed by atoms with Crippen molar-refractivity contribution in [3.05, 3.63) is 41.3 Å². The van der Waals surface area contributed by atoms with Crippen LogP contribution in [0.2, 0.25) is 0 Å². The van der Waals surface area contributed by atoms with Gasteiger partial charge in [0.2, 0.25) is 0 Å². The van der Waals surface area contributed by atoms with E-state index in [0.29, 0.717) is 41.4 Å². The molecular formula is C18H17N7O2. The van der Waals surface area contributed by atoms with Crippen molar-refractivity contribution in [2.45, 2.75) is 13.3 Å². The van der Waals surface area contributed by atoms with E-state index in [4.69, 9.17) is 10.6 Å². The van der Waals surface area contributed by atoms with Crippen molar-refractivity contribution in [1.82, 2.24) is 25.2 Å². The molecule has 4 N–H and O–H groups in total. The third kappa shape index (κ3) is 3.38. The molecule has 0 radical (unpaired) electrons. The van der Waals surface area contributed by atoms with E-state index in [0.717, 1.165) is 17.5 Å². The van der Waals surface area contributed by atoms with E-state index in [1.54, 1.807) is 0 Å². The Bertz CT molecular complexity index is 1070. The molecule has 2 amide bonds. The molecule has 9 nitrogen and oxygen atoms in total. The maximum Gasteiger partial charge on any atom is 0.345 e. The first kappa shape index (κ1) is 16.8. The van der Waals surface area contributed by atoms with Crippen LogP contribution in [-0.2, 0) is 4.84 Å². The third-order valence-electron chi connectivity index (χ3n) is 4.17. The van der Waals surface area contributed by atoms with Gasteiger partial charge in [0.25, 0.3) is 0 Å². The summed E-state index contributed by atoms with van der Waals surface area (Å²) in [5, 5.41) is 11.6. The van der Waals surface area contributed by atoms with Gasteiger partial charge >= 0.3 is 6.03 Å². The van der Waals surface area contributed by atoms with E-state index >= 15 is 0 Å². The van der Waals surface area contributed by atoms with Crippen molar-refractivity contribution in [3.8, 4) is 11.8 Å². The number of benzene rings is 1. The van der Waals surface area contributed by atoms with Crippen molar-refractivity contribution in [3.63, 3.8) is 0 Å². The Morgan fingerprint density at radius 1 is 1.37 bits per heavy atom. The zero-order chi connectivity index (χ0) is 18.8. The van der Waals surface area contributed by atoms with E-state index in [1.165, 1.54) is 11.4 Å². The molecule has 1 aliphatic rings. The topological polar surface area (TPSA) is 122 Å². The molecule has 1 aromatic carbocycles. The van der Waals surface area contributed by atoms with Crippen LogP contribution in [0.3, 0.4) is 0 Å². The average molecular weight is 363 g/mol. The Morgan fingerprint density at radius 2 is 2.26 bits per heavy atom. The van der Waals surface area contributed by atoms with Gasteiger partial charge in [0, 0.05) is 11.3 Å². The Morgan fingerprint density at radius 3 is 3.07 bits per heavy atom. The van der Waals surface area contributed by atoms with Crippen LogP contribution in [0.15, 0.2) is 24.5 Å². The highest BCUT2D eigenvalue weighted by atomic mass is 16.7. The number of hydroxylamine groups is 2. The number of nitrogen functional groups attached to an aromatic ring is 1. The van der Waals surface area contributed by atoms with Gasteiger partial charge in [-0.3, -0.25) is 9.94 Å². The number of anilines is 2. The van der Waals surface area contributed by atoms with E-state index in [1.807, 2.05) is 25.1 Å². The summed E-state index contributed by atoms with van der Waals surface area (Å²) < 4.78 is 0. The number of carbonyl (C=O) groups excluding carboxylic acids is 1. The van der Waals surface area contributed by atoms with E-state index in [9.17, 15) is 4.79 Å². The molecule has 3 aromatic rings. The number of aromatic nitrogens is 4. The first-order valence-electron chi connectivity index (χ1n) is 8.40. The quantitative estimate of drug-likeness (QED) is 0.567. The SMILES string of the molecule is Cc1ccc(NC(=O)N2CCCO2)cc1C#Cc1[nH]nc2ncnc(N)c12. The number of nitrogens with one attached hydrogen (secondary N) is 2. The summed E-state index contributed by atoms with van der Waals surface area (Å²) in [6, 6.07) is 5.24. The summed E-state index contributed by atoms with van der Waals surface area (Å²) in [6.45, 7) is 3.09. The predicted molar refractivity (Wildman–Crippen MR) is 99.5 cm³/mol. The van der Waals surface area contributed by atoms with Gasteiger partial charge in [-0.05, 0) is 37.0 Å². The van der Waals surface area contributed by atoms with Crippen LogP contribution in [-0.4, -0.2) is 44.4 Å². The number of hydrogen-bond donors (Lipinski definition) is 3. The van der Waals surface area contributed by atoms with Gasteiger partial charge < -0.3 is 11.1 Å². The second-order valence-electron chi connectivity index (χ2n) is 6.05. The smallest absolute Gasteiger partial charge is 0.345 e. The summed E-state index contributed by atoms with van der Waals surface area (Å²) in [4.78, 5) is 25.4. The van der Waals surface area contributed by atoms with E-state index < -0.39 is 0 Å². The fraction of sp³-hybridized carbons (Fsp3) is 0.222. The van der Waals surface area contributed by atoms with Gasteiger partial charge in [0.15, 0.2) is 5.65 Å². The molecule has 2 aromatic heterocycles. The van der Waals surface area contributed by atoms with Crippen molar-refractivity contribution in [2.75, 3.05) is 24.2 Å². The molecule has 0 atom stereocenters. The van der Waals surface area contributed by atoms with Gasteiger partial charge in [-0.25, -0.2) is 19.8 Å². The molecule has 1 fully saturated rings. The Kier molecular flexibility index (Phi) is 4.32. The summed E-state index contributed by atoms with van der Waals surface area (Å²) in [5.74, 6) is 6.44.